The van der Waals surface area contributed by atoms with Gasteiger partial charge in [-0.25, -0.2) is 4.79 Å². The van der Waals surface area contributed by atoms with Gasteiger partial charge in [0.05, 0.1) is 5.56 Å². The fraction of sp³-hybridized carbons (Fsp3) is 0.263. The van der Waals surface area contributed by atoms with Crippen LogP contribution in [0.25, 0.3) is 0 Å². The lowest BCUT2D eigenvalue weighted by Gasteiger charge is -2.33. The fourth-order valence-corrected chi connectivity index (χ4v) is 4.67. The number of benzene rings is 1. The van der Waals surface area contributed by atoms with Gasteiger partial charge in [0.25, 0.3) is 11.8 Å². The summed E-state index contributed by atoms with van der Waals surface area (Å²) in [5.41, 5.74) is 6.15. The Labute approximate surface area is 164 Å². The van der Waals surface area contributed by atoms with Gasteiger partial charge in [-0.15, -0.1) is 11.3 Å². The summed E-state index contributed by atoms with van der Waals surface area (Å²) in [6.07, 6.45) is 2.10. The van der Waals surface area contributed by atoms with E-state index in [1.54, 1.807) is 5.38 Å². The van der Waals surface area contributed by atoms with Gasteiger partial charge in [0.15, 0.2) is 0 Å². The molecule has 2 aliphatic rings. The van der Waals surface area contributed by atoms with E-state index in [-0.39, 0.29) is 5.56 Å². The summed E-state index contributed by atoms with van der Waals surface area (Å²) in [6, 6.07) is 8.45. The molecule has 1 aliphatic heterocycles. The highest BCUT2D eigenvalue weighted by Crippen LogP contribution is 2.39. The molecular weight excluding hydrogens is 380 g/mol. The number of urea groups is 1. The quantitative estimate of drug-likeness (QED) is 0.677. The van der Waals surface area contributed by atoms with Crippen LogP contribution in [0.15, 0.2) is 35.7 Å². The molecule has 9 heteroatoms. The first-order chi connectivity index (χ1) is 13.4. The Morgan fingerprint density at radius 3 is 2.82 bits per heavy atom. The van der Waals surface area contributed by atoms with Crippen molar-refractivity contribution >= 4 is 40.1 Å². The van der Waals surface area contributed by atoms with E-state index in [1.807, 2.05) is 24.3 Å². The minimum Gasteiger partial charge on any atom is -0.366 e. The zero-order valence-electron chi connectivity index (χ0n) is 14.9. The van der Waals surface area contributed by atoms with E-state index < -0.39 is 35.8 Å². The molecule has 0 saturated carbocycles. The van der Waals surface area contributed by atoms with Gasteiger partial charge in [0.2, 0.25) is 5.91 Å². The molecule has 144 valence electrons. The number of nitrogens with zero attached hydrogens (tertiary/aromatic N) is 1. The minimum absolute atomic E-state index is 0.188. The van der Waals surface area contributed by atoms with Crippen LogP contribution in [0.4, 0.5) is 9.80 Å². The second-order valence-corrected chi connectivity index (χ2v) is 7.73. The molecule has 1 aliphatic carbocycles. The van der Waals surface area contributed by atoms with Crippen LogP contribution in [0.2, 0.25) is 0 Å². The number of imide groups is 1. The van der Waals surface area contributed by atoms with Crippen molar-refractivity contribution in [3.63, 3.8) is 0 Å². The maximum atomic E-state index is 13.2. The first kappa shape index (κ1) is 18.2. The van der Waals surface area contributed by atoms with Crippen molar-refractivity contribution in [3.05, 3.63) is 52.4 Å². The van der Waals surface area contributed by atoms with Crippen LogP contribution in [-0.2, 0) is 21.5 Å². The molecule has 1 atom stereocenters. The van der Waals surface area contributed by atoms with E-state index >= 15 is 0 Å². The number of nitrogens with one attached hydrogen (secondary N) is 2. The number of primary amides is 1. The molecule has 1 saturated heterocycles. The molecule has 5 amide bonds. The Morgan fingerprint density at radius 1 is 1.25 bits per heavy atom. The van der Waals surface area contributed by atoms with E-state index in [4.69, 9.17) is 5.73 Å². The van der Waals surface area contributed by atoms with Crippen molar-refractivity contribution in [2.45, 2.75) is 24.8 Å². The molecule has 4 rings (SSSR count). The highest BCUT2D eigenvalue weighted by Gasteiger charge is 2.54. The Morgan fingerprint density at radius 2 is 2.04 bits per heavy atom. The van der Waals surface area contributed by atoms with Gasteiger partial charge in [-0.3, -0.25) is 19.3 Å². The van der Waals surface area contributed by atoms with Gasteiger partial charge in [0, 0.05) is 0 Å². The number of nitrogens with two attached hydrogens (primary N) is 1. The molecule has 8 nitrogen and oxygen atoms in total. The minimum atomic E-state index is -1.12. The number of fused-ring (bicyclic) bond motifs is 2. The summed E-state index contributed by atoms with van der Waals surface area (Å²) in [5, 5.41) is 7.28. The number of carbonyl (C=O) groups excluding carboxylic acids is 4. The largest absolute Gasteiger partial charge is 0.366 e. The lowest BCUT2D eigenvalue weighted by molar-refractivity contribution is -0.134. The van der Waals surface area contributed by atoms with E-state index in [9.17, 15) is 19.2 Å². The second kappa shape index (κ2) is 6.75. The smallest absolute Gasteiger partial charge is 0.325 e. The molecular formula is C19H18N4O4S. The van der Waals surface area contributed by atoms with E-state index in [0.717, 1.165) is 40.2 Å². The second-order valence-electron chi connectivity index (χ2n) is 6.81. The Balaban J connectivity index is 1.55. The average molecular weight is 398 g/mol. The number of hydrogen-bond donors (Lipinski definition) is 3. The van der Waals surface area contributed by atoms with E-state index in [0.29, 0.717) is 11.4 Å². The van der Waals surface area contributed by atoms with E-state index in [1.165, 1.54) is 6.07 Å². The molecule has 0 bridgehead atoms. The van der Waals surface area contributed by atoms with Crippen LogP contribution in [0, 0.1) is 0 Å². The Hall–Kier alpha value is -3.20. The maximum absolute atomic E-state index is 13.2. The number of hydrogen-bond acceptors (Lipinski definition) is 5. The van der Waals surface area contributed by atoms with Crippen LogP contribution in [-0.4, -0.2) is 35.2 Å². The summed E-state index contributed by atoms with van der Waals surface area (Å²) in [5.74, 6) is -1.67. The topological polar surface area (TPSA) is 122 Å². The first-order valence-electron chi connectivity index (χ1n) is 8.82. The average Bonchev–Trinajstić information content (AvgIpc) is 3.21. The van der Waals surface area contributed by atoms with Crippen molar-refractivity contribution in [1.82, 2.24) is 10.2 Å². The molecule has 2 heterocycles. The predicted molar refractivity (Wildman–Crippen MR) is 103 cm³/mol. The monoisotopic (exact) mass is 398 g/mol. The molecule has 1 spiro atoms. The summed E-state index contributed by atoms with van der Waals surface area (Å²) in [7, 11) is 0. The third kappa shape index (κ3) is 2.84. The van der Waals surface area contributed by atoms with E-state index in [2.05, 4.69) is 10.6 Å². The number of aryl methyl sites for hydroxylation is 1. The van der Waals surface area contributed by atoms with Crippen LogP contribution in [0.5, 0.6) is 0 Å². The molecule has 0 radical (unpaired) electrons. The lowest BCUT2D eigenvalue weighted by Crippen LogP contribution is -2.47. The van der Waals surface area contributed by atoms with Crippen LogP contribution in [0.1, 0.15) is 34.3 Å². The van der Waals surface area contributed by atoms with Gasteiger partial charge in [-0.05, 0) is 41.8 Å². The predicted octanol–water partition coefficient (Wildman–Crippen LogP) is 1.57. The first-order valence-corrected chi connectivity index (χ1v) is 9.70. The molecule has 4 N–H and O–H groups in total. The molecule has 1 unspecified atom stereocenters. The SMILES string of the molecule is NC(=O)c1ccsc1NC(=O)CN1C(=O)NC2(CCCc3ccccc32)C1=O. The highest BCUT2D eigenvalue weighted by atomic mass is 32.1. The number of rotatable bonds is 4. The Bertz CT molecular complexity index is 1000. The van der Waals surface area contributed by atoms with Crippen molar-refractivity contribution in [1.29, 1.82) is 0 Å². The fourth-order valence-electron chi connectivity index (χ4n) is 3.86. The van der Waals surface area contributed by atoms with Gasteiger partial charge < -0.3 is 16.4 Å². The van der Waals surface area contributed by atoms with Gasteiger partial charge in [0.1, 0.15) is 17.1 Å². The summed E-state index contributed by atoms with van der Waals surface area (Å²) >= 11 is 1.14. The number of thiophene rings is 1. The van der Waals surface area contributed by atoms with Gasteiger partial charge >= 0.3 is 6.03 Å². The lowest BCUT2D eigenvalue weighted by atomic mass is 9.76. The standard InChI is InChI=1S/C19H18N4O4S/c20-15(25)12-7-9-28-16(12)21-14(24)10-23-17(26)19(22-18(23)27)8-3-5-11-4-1-2-6-13(11)19/h1-2,4,6-7,9H,3,5,8,10H2,(H2,20,25)(H,21,24)(H,22,27). The zero-order valence-corrected chi connectivity index (χ0v) is 15.7. The molecule has 1 aromatic carbocycles. The zero-order chi connectivity index (χ0) is 19.9. The third-order valence-corrected chi connectivity index (χ3v) is 5.97. The number of amides is 5. The molecule has 1 fully saturated rings. The normalized spacial score (nSPS) is 20.8. The summed E-state index contributed by atoms with van der Waals surface area (Å²) in [4.78, 5) is 50.4. The molecule has 2 aromatic rings. The van der Waals surface area contributed by atoms with Crippen LogP contribution < -0.4 is 16.4 Å². The van der Waals surface area contributed by atoms with Crippen molar-refractivity contribution in [2.24, 2.45) is 5.73 Å². The number of anilines is 1. The maximum Gasteiger partial charge on any atom is 0.325 e. The molecule has 28 heavy (non-hydrogen) atoms. The third-order valence-electron chi connectivity index (χ3n) is 5.14. The van der Waals surface area contributed by atoms with Crippen molar-refractivity contribution < 1.29 is 19.2 Å². The van der Waals surface area contributed by atoms with Gasteiger partial charge in [-0.2, -0.15) is 0 Å². The summed E-state index contributed by atoms with van der Waals surface area (Å²) < 4.78 is 0. The van der Waals surface area contributed by atoms with Crippen LogP contribution in [0.3, 0.4) is 0 Å². The van der Waals surface area contributed by atoms with Crippen molar-refractivity contribution in [3.8, 4) is 0 Å². The van der Waals surface area contributed by atoms with Crippen molar-refractivity contribution in [2.75, 3.05) is 11.9 Å². The Kier molecular flexibility index (Phi) is 4.38. The van der Waals surface area contributed by atoms with Gasteiger partial charge in [-0.1, -0.05) is 24.3 Å². The molecule has 1 aromatic heterocycles. The summed E-state index contributed by atoms with van der Waals surface area (Å²) in [6.45, 7) is -0.440. The van der Waals surface area contributed by atoms with Crippen LogP contribution >= 0.6 is 11.3 Å². The highest BCUT2D eigenvalue weighted by molar-refractivity contribution is 7.14. The number of carbonyl (C=O) groups is 4.